The maximum Gasteiger partial charge on any atom is 0.309 e. The molecular weight excluding hydrogens is 270 g/mol. The van der Waals surface area contributed by atoms with Gasteiger partial charge >= 0.3 is 5.97 Å². The lowest BCUT2D eigenvalue weighted by Gasteiger charge is -2.08. The summed E-state index contributed by atoms with van der Waals surface area (Å²) in [6.45, 7) is 3.38. The first-order chi connectivity index (χ1) is 9.97. The van der Waals surface area contributed by atoms with Gasteiger partial charge in [-0.05, 0) is 37.1 Å². The summed E-state index contributed by atoms with van der Waals surface area (Å²) in [5.41, 5.74) is 1.10. The molecule has 1 aromatic rings. The van der Waals surface area contributed by atoms with Crippen LogP contribution in [0.15, 0.2) is 24.3 Å². The Hall–Kier alpha value is -2.17. The van der Waals surface area contributed by atoms with Crippen molar-refractivity contribution in [2.45, 2.75) is 26.7 Å². The van der Waals surface area contributed by atoms with Crippen LogP contribution in [0.5, 0.6) is 0 Å². The molecule has 0 unspecified atom stereocenters. The zero-order valence-corrected chi connectivity index (χ0v) is 12.2. The molecule has 1 aromatic carbocycles. The Bertz CT molecular complexity index is 544. The van der Waals surface area contributed by atoms with Crippen molar-refractivity contribution < 1.29 is 19.1 Å². The molecule has 0 aliphatic heterocycles. The van der Waals surface area contributed by atoms with Crippen LogP contribution in [-0.2, 0) is 14.3 Å². The van der Waals surface area contributed by atoms with Crippen molar-refractivity contribution in [1.82, 2.24) is 0 Å². The SMILES string of the molecule is CC(C)C(=O)Nc1ccc(C(=O)COC(=O)C2CC2)cc1. The lowest BCUT2D eigenvalue weighted by atomic mass is 10.1. The summed E-state index contributed by atoms with van der Waals surface area (Å²) in [5.74, 6) is -0.720. The van der Waals surface area contributed by atoms with Crippen molar-refractivity contribution in [3.05, 3.63) is 29.8 Å². The molecule has 2 rings (SSSR count). The van der Waals surface area contributed by atoms with E-state index in [4.69, 9.17) is 4.74 Å². The molecular formula is C16H19NO4. The number of esters is 1. The Morgan fingerprint density at radius 1 is 1.19 bits per heavy atom. The molecule has 1 aliphatic rings. The highest BCUT2D eigenvalue weighted by Gasteiger charge is 2.31. The van der Waals surface area contributed by atoms with Crippen molar-refractivity contribution in [3.8, 4) is 0 Å². The zero-order chi connectivity index (χ0) is 15.4. The number of rotatable bonds is 6. The fraction of sp³-hybridized carbons (Fsp3) is 0.438. The molecule has 112 valence electrons. The second kappa shape index (κ2) is 6.52. The van der Waals surface area contributed by atoms with Crippen LogP contribution >= 0.6 is 0 Å². The fourth-order valence-electron chi connectivity index (χ4n) is 1.68. The van der Waals surface area contributed by atoms with Gasteiger partial charge in [-0.25, -0.2) is 0 Å². The maximum atomic E-state index is 11.9. The van der Waals surface area contributed by atoms with Crippen molar-refractivity contribution in [2.75, 3.05) is 11.9 Å². The topological polar surface area (TPSA) is 72.5 Å². The van der Waals surface area contributed by atoms with Crippen LogP contribution in [-0.4, -0.2) is 24.3 Å². The molecule has 5 heteroatoms. The van der Waals surface area contributed by atoms with Crippen LogP contribution in [0.1, 0.15) is 37.0 Å². The van der Waals surface area contributed by atoms with Gasteiger partial charge in [0.25, 0.3) is 0 Å². The maximum absolute atomic E-state index is 11.9. The van der Waals surface area contributed by atoms with Crippen LogP contribution in [0.3, 0.4) is 0 Å². The van der Waals surface area contributed by atoms with Crippen LogP contribution in [0.25, 0.3) is 0 Å². The molecule has 1 N–H and O–H groups in total. The van der Waals surface area contributed by atoms with E-state index >= 15 is 0 Å². The van der Waals surface area contributed by atoms with E-state index in [-0.39, 0.29) is 36.1 Å². The van der Waals surface area contributed by atoms with Crippen LogP contribution in [0.4, 0.5) is 5.69 Å². The molecule has 0 bridgehead atoms. The zero-order valence-electron chi connectivity index (χ0n) is 12.2. The Kier molecular flexibility index (Phi) is 4.73. The molecule has 0 aromatic heterocycles. The van der Waals surface area contributed by atoms with E-state index in [9.17, 15) is 14.4 Å². The first-order valence-electron chi connectivity index (χ1n) is 7.08. The molecule has 0 radical (unpaired) electrons. The van der Waals surface area contributed by atoms with E-state index in [0.717, 1.165) is 12.8 Å². The second-order valence-electron chi connectivity index (χ2n) is 5.53. The molecule has 0 saturated heterocycles. The van der Waals surface area contributed by atoms with Gasteiger partial charge < -0.3 is 10.1 Å². The minimum Gasteiger partial charge on any atom is -0.457 e. The number of carbonyl (C=O) groups is 3. The van der Waals surface area contributed by atoms with Gasteiger partial charge in [-0.15, -0.1) is 0 Å². The number of nitrogens with one attached hydrogen (secondary N) is 1. The number of ketones is 1. The molecule has 1 amide bonds. The Labute approximate surface area is 123 Å². The van der Waals surface area contributed by atoms with E-state index in [2.05, 4.69) is 5.32 Å². The van der Waals surface area contributed by atoms with Crippen molar-refractivity contribution in [2.24, 2.45) is 11.8 Å². The van der Waals surface area contributed by atoms with E-state index in [0.29, 0.717) is 11.3 Å². The van der Waals surface area contributed by atoms with Gasteiger partial charge in [0.1, 0.15) is 0 Å². The number of ether oxygens (including phenoxy) is 1. The van der Waals surface area contributed by atoms with Crippen LogP contribution in [0, 0.1) is 11.8 Å². The quantitative estimate of drug-likeness (QED) is 0.645. The first kappa shape index (κ1) is 15.2. The highest BCUT2D eigenvalue weighted by atomic mass is 16.5. The van der Waals surface area contributed by atoms with E-state index in [1.54, 1.807) is 38.1 Å². The van der Waals surface area contributed by atoms with Crippen LogP contribution in [0.2, 0.25) is 0 Å². The number of Topliss-reactive ketones (excluding diaryl/α,β-unsaturated/α-hetero) is 1. The number of hydrogen-bond acceptors (Lipinski definition) is 4. The summed E-state index contributed by atoms with van der Waals surface area (Å²) < 4.78 is 4.95. The predicted molar refractivity (Wildman–Crippen MR) is 77.9 cm³/mol. The first-order valence-corrected chi connectivity index (χ1v) is 7.08. The Morgan fingerprint density at radius 3 is 2.33 bits per heavy atom. The van der Waals surface area contributed by atoms with Gasteiger partial charge in [-0.2, -0.15) is 0 Å². The smallest absolute Gasteiger partial charge is 0.309 e. The molecule has 1 aliphatic carbocycles. The molecule has 0 atom stereocenters. The summed E-state index contributed by atoms with van der Waals surface area (Å²) >= 11 is 0. The molecule has 0 spiro atoms. The van der Waals surface area contributed by atoms with Crippen molar-refractivity contribution >= 4 is 23.3 Å². The normalized spacial score (nSPS) is 13.9. The van der Waals surface area contributed by atoms with Gasteiger partial charge in [-0.1, -0.05) is 13.8 Å². The Morgan fingerprint density at radius 2 is 1.81 bits per heavy atom. The van der Waals surface area contributed by atoms with Gasteiger partial charge in [0.2, 0.25) is 5.91 Å². The lowest BCUT2D eigenvalue weighted by Crippen LogP contribution is -2.18. The molecule has 1 saturated carbocycles. The summed E-state index contributed by atoms with van der Waals surface area (Å²) in [7, 11) is 0. The molecule has 1 fully saturated rings. The summed E-state index contributed by atoms with van der Waals surface area (Å²) in [6.07, 6.45) is 1.72. The third-order valence-corrected chi connectivity index (χ3v) is 3.25. The van der Waals surface area contributed by atoms with Gasteiger partial charge in [0.15, 0.2) is 12.4 Å². The number of hydrogen-bond donors (Lipinski definition) is 1. The lowest BCUT2D eigenvalue weighted by molar-refractivity contribution is -0.144. The fourth-order valence-corrected chi connectivity index (χ4v) is 1.68. The molecule has 5 nitrogen and oxygen atoms in total. The summed E-state index contributed by atoms with van der Waals surface area (Å²) in [4.78, 5) is 34.8. The van der Waals surface area contributed by atoms with E-state index in [1.807, 2.05) is 0 Å². The standard InChI is InChI=1S/C16H19NO4/c1-10(2)15(19)17-13-7-5-11(6-8-13)14(18)9-21-16(20)12-3-4-12/h5-8,10,12H,3-4,9H2,1-2H3,(H,17,19). The van der Waals surface area contributed by atoms with Gasteiger partial charge in [0, 0.05) is 17.2 Å². The average molecular weight is 289 g/mol. The predicted octanol–water partition coefficient (Wildman–Crippen LogP) is 2.42. The molecule has 0 heterocycles. The van der Waals surface area contributed by atoms with Gasteiger partial charge in [0.05, 0.1) is 5.92 Å². The number of carbonyl (C=O) groups excluding carboxylic acids is 3. The third kappa shape index (κ3) is 4.41. The second-order valence-corrected chi connectivity index (χ2v) is 5.53. The Balaban J connectivity index is 1.87. The minimum absolute atomic E-state index is 0.00794. The summed E-state index contributed by atoms with van der Waals surface area (Å²) in [6, 6.07) is 6.55. The largest absolute Gasteiger partial charge is 0.457 e. The monoisotopic (exact) mass is 289 g/mol. The number of anilines is 1. The van der Waals surface area contributed by atoms with E-state index < -0.39 is 0 Å². The highest BCUT2D eigenvalue weighted by Crippen LogP contribution is 2.30. The number of benzene rings is 1. The number of amides is 1. The van der Waals surface area contributed by atoms with Crippen LogP contribution < -0.4 is 5.32 Å². The average Bonchev–Trinajstić information content (AvgIpc) is 3.29. The minimum atomic E-state index is -0.288. The molecule has 21 heavy (non-hydrogen) atoms. The highest BCUT2D eigenvalue weighted by molar-refractivity contribution is 5.99. The van der Waals surface area contributed by atoms with Crippen molar-refractivity contribution in [3.63, 3.8) is 0 Å². The van der Waals surface area contributed by atoms with Crippen molar-refractivity contribution in [1.29, 1.82) is 0 Å². The van der Waals surface area contributed by atoms with Gasteiger partial charge in [-0.3, -0.25) is 14.4 Å². The van der Waals surface area contributed by atoms with E-state index in [1.165, 1.54) is 0 Å². The third-order valence-electron chi connectivity index (χ3n) is 3.25. The summed E-state index contributed by atoms with van der Waals surface area (Å²) in [5, 5.41) is 2.75.